The van der Waals surface area contributed by atoms with Gasteiger partial charge in [-0.15, -0.1) is 6.58 Å². The molecule has 0 fully saturated rings. The van der Waals surface area contributed by atoms with Crippen LogP contribution in [0.15, 0.2) is 52.4 Å². The van der Waals surface area contributed by atoms with E-state index in [9.17, 15) is 9.59 Å². The molecule has 0 unspecified atom stereocenters. The van der Waals surface area contributed by atoms with Crippen molar-refractivity contribution in [2.24, 2.45) is 0 Å². The first-order valence-corrected chi connectivity index (χ1v) is 6.21. The van der Waals surface area contributed by atoms with Crippen molar-refractivity contribution >= 4 is 23.0 Å². The molecular weight excluding hydrogens is 254 g/mol. The first-order valence-electron chi connectivity index (χ1n) is 6.21. The fraction of sp³-hybridized carbons (Fsp3) is 0.125. The van der Waals surface area contributed by atoms with Crippen LogP contribution < -0.4 is 10.7 Å². The number of fused-ring (bicyclic) bond motifs is 1. The van der Waals surface area contributed by atoms with Crippen LogP contribution in [0.25, 0.3) is 17.0 Å². The van der Waals surface area contributed by atoms with Crippen LogP contribution in [0.1, 0.15) is 11.1 Å². The van der Waals surface area contributed by atoms with Crippen LogP contribution in [0.4, 0.5) is 0 Å². The van der Waals surface area contributed by atoms with E-state index in [1.807, 2.05) is 13.0 Å². The van der Waals surface area contributed by atoms with Gasteiger partial charge in [0.25, 0.3) is 0 Å². The van der Waals surface area contributed by atoms with E-state index >= 15 is 0 Å². The van der Waals surface area contributed by atoms with Crippen LogP contribution in [0.2, 0.25) is 0 Å². The molecule has 0 aliphatic heterocycles. The summed E-state index contributed by atoms with van der Waals surface area (Å²) >= 11 is 0. The van der Waals surface area contributed by atoms with E-state index < -0.39 is 0 Å². The summed E-state index contributed by atoms with van der Waals surface area (Å²) in [5, 5.41) is 3.10. The summed E-state index contributed by atoms with van der Waals surface area (Å²) in [5.41, 5.74) is 1.71. The third-order valence-electron chi connectivity index (χ3n) is 2.79. The van der Waals surface area contributed by atoms with Crippen molar-refractivity contribution < 1.29 is 9.21 Å². The fourth-order valence-electron chi connectivity index (χ4n) is 1.77. The molecule has 1 heterocycles. The van der Waals surface area contributed by atoms with Crippen LogP contribution in [-0.2, 0) is 4.79 Å². The van der Waals surface area contributed by atoms with Gasteiger partial charge in [-0.3, -0.25) is 9.59 Å². The molecular formula is C16H15NO3. The maximum atomic E-state index is 12.2. The van der Waals surface area contributed by atoms with Gasteiger partial charge in [0.2, 0.25) is 5.91 Å². The number of amides is 1. The lowest BCUT2D eigenvalue weighted by atomic mass is 10.1. The van der Waals surface area contributed by atoms with Crippen LogP contribution in [0, 0.1) is 6.92 Å². The number of nitrogens with one attached hydrogen (secondary N) is 1. The van der Waals surface area contributed by atoms with Gasteiger partial charge in [-0.25, -0.2) is 0 Å². The Morgan fingerprint density at radius 1 is 1.45 bits per heavy atom. The summed E-state index contributed by atoms with van der Waals surface area (Å²) in [6.45, 7) is 5.79. The van der Waals surface area contributed by atoms with Crippen molar-refractivity contribution in [3.05, 3.63) is 64.5 Å². The van der Waals surface area contributed by atoms with Crippen LogP contribution in [-0.4, -0.2) is 12.5 Å². The van der Waals surface area contributed by atoms with Gasteiger partial charge >= 0.3 is 0 Å². The molecule has 4 nitrogen and oxygen atoms in total. The summed E-state index contributed by atoms with van der Waals surface area (Å²) in [7, 11) is 0. The predicted molar refractivity (Wildman–Crippen MR) is 79.5 cm³/mol. The molecule has 1 aromatic heterocycles. The van der Waals surface area contributed by atoms with Crippen molar-refractivity contribution in [1.82, 2.24) is 5.32 Å². The molecule has 0 saturated carbocycles. The quantitative estimate of drug-likeness (QED) is 0.685. The lowest BCUT2D eigenvalue weighted by molar-refractivity contribution is -0.116. The van der Waals surface area contributed by atoms with Gasteiger partial charge in [-0.2, -0.15) is 0 Å². The van der Waals surface area contributed by atoms with Crippen LogP contribution in [0.3, 0.4) is 0 Å². The van der Waals surface area contributed by atoms with E-state index in [2.05, 4.69) is 11.9 Å². The molecule has 0 atom stereocenters. The number of carbonyl (C=O) groups is 1. The van der Waals surface area contributed by atoms with Crippen molar-refractivity contribution in [2.75, 3.05) is 6.54 Å². The summed E-state index contributed by atoms with van der Waals surface area (Å²) in [5.74, 6) is -0.284. The number of aryl methyl sites for hydroxylation is 1. The van der Waals surface area contributed by atoms with E-state index in [0.717, 1.165) is 5.56 Å². The van der Waals surface area contributed by atoms with Crippen LogP contribution >= 0.6 is 0 Å². The minimum absolute atomic E-state index is 0.150. The highest BCUT2D eigenvalue weighted by atomic mass is 16.3. The molecule has 0 aliphatic rings. The van der Waals surface area contributed by atoms with Crippen molar-refractivity contribution in [1.29, 1.82) is 0 Å². The Bertz CT molecular complexity index is 741. The minimum Gasteiger partial charge on any atom is -0.463 e. The monoisotopic (exact) mass is 269 g/mol. The second kappa shape index (κ2) is 6.02. The number of hydrogen-bond acceptors (Lipinski definition) is 3. The number of rotatable bonds is 4. The van der Waals surface area contributed by atoms with Crippen molar-refractivity contribution in [2.45, 2.75) is 6.92 Å². The first kappa shape index (κ1) is 13.8. The van der Waals surface area contributed by atoms with Crippen LogP contribution in [0.5, 0.6) is 0 Å². The summed E-state index contributed by atoms with van der Waals surface area (Å²) in [6.07, 6.45) is 5.69. The smallest absolute Gasteiger partial charge is 0.244 e. The molecule has 2 rings (SSSR count). The number of carbonyl (C=O) groups excluding carboxylic acids is 1. The SMILES string of the molecule is C=CCNC(=O)/C=C/c1coc2ccc(C)cc2c1=O. The molecule has 2 aromatic rings. The van der Waals surface area contributed by atoms with E-state index in [1.165, 1.54) is 18.4 Å². The Kier molecular flexibility index (Phi) is 4.15. The first-order chi connectivity index (χ1) is 9.61. The van der Waals surface area contributed by atoms with Crippen molar-refractivity contribution in [3.63, 3.8) is 0 Å². The lowest BCUT2D eigenvalue weighted by Gasteiger charge is -2.00. The highest BCUT2D eigenvalue weighted by Crippen LogP contribution is 2.13. The Balaban J connectivity index is 2.34. The van der Waals surface area contributed by atoms with E-state index in [0.29, 0.717) is 23.1 Å². The lowest BCUT2D eigenvalue weighted by Crippen LogP contribution is -2.20. The molecule has 1 amide bonds. The van der Waals surface area contributed by atoms with Gasteiger partial charge in [0, 0.05) is 12.6 Å². The Labute approximate surface area is 116 Å². The standard InChI is InChI=1S/C16H15NO3/c1-3-8-17-15(18)7-5-12-10-20-14-6-4-11(2)9-13(14)16(12)19/h3-7,9-10H,1,8H2,2H3,(H,17,18)/b7-5+. The molecule has 1 N–H and O–H groups in total. The highest BCUT2D eigenvalue weighted by Gasteiger charge is 2.05. The third-order valence-corrected chi connectivity index (χ3v) is 2.79. The molecule has 102 valence electrons. The zero-order chi connectivity index (χ0) is 14.5. The molecule has 0 bridgehead atoms. The maximum absolute atomic E-state index is 12.2. The highest BCUT2D eigenvalue weighted by molar-refractivity contribution is 5.92. The number of benzene rings is 1. The average Bonchev–Trinajstić information content (AvgIpc) is 2.45. The van der Waals surface area contributed by atoms with Gasteiger partial charge in [0.1, 0.15) is 11.8 Å². The molecule has 4 heteroatoms. The maximum Gasteiger partial charge on any atom is 0.244 e. The Morgan fingerprint density at radius 2 is 2.25 bits per heavy atom. The van der Waals surface area contributed by atoms with E-state index in [1.54, 1.807) is 18.2 Å². The number of hydrogen-bond donors (Lipinski definition) is 1. The fourth-order valence-corrected chi connectivity index (χ4v) is 1.77. The van der Waals surface area contributed by atoms with Gasteiger partial charge in [0.05, 0.1) is 10.9 Å². The zero-order valence-corrected chi connectivity index (χ0v) is 11.2. The zero-order valence-electron chi connectivity index (χ0n) is 11.2. The molecule has 20 heavy (non-hydrogen) atoms. The average molecular weight is 269 g/mol. The normalized spacial score (nSPS) is 10.8. The second-order valence-electron chi connectivity index (χ2n) is 4.39. The van der Waals surface area contributed by atoms with E-state index in [-0.39, 0.29) is 11.3 Å². The Morgan fingerprint density at radius 3 is 3.00 bits per heavy atom. The predicted octanol–water partition coefficient (Wildman–Crippen LogP) is 2.42. The largest absolute Gasteiger partial charge is 0.463 e. The summed E-state index contributed by atoms with van der Waals surface area (Å²) in [4.78, 5) is 23.7. The second-order valence-corrected chi connectivity index (χ2v) is 4.39. The third kappa shape index (κ3) is 3.03. The van der Waals surface area contributed by atoms with Crippen molar-refractivity contribution in [3.8, 4) is 0 Å². The molecule has 0 spiro atoms. The molecule has 0 radical (unpaired) electrons. The van der Waals surface area contributed by atoms with Gasteiger partial charge in [-0.05, 0) is 25.1 Å². The van der Waals surface area contributed by atoms with Gasteiger partial charge in [0.15, 0.2) is 5.43 Å². The van der Waals surface area contributed by atoms with E-state index in [4.69, 9.17) is 4.42 Å². The minimum atomic E-state index is -0.284. The van der Waals surface area contributed by atoms with Gasteiger partial charge < -0.3 is 9.73 Å². The summed E-state index contributed by atoms with van der Waals surface area (Å²) < 4.78 is 5.39. The molecule has 0 aliphatic carbocycles. The Hall–Kier alpha value is -2.62. The summed E-state index contributed by atoms with van der Waals surface area (Å²) in [6, 6.07) is 5.41. The topological polar surface area (TPSA) is 59.3 Å². The molecule has 0 saturated heterocycles. The van der Waals surface area contributed by atoms with Gasteiger partial charge in [-0.1, -0.05) is 17.7 Å². The molecule has 1 aromatic carbocycles.